The largest absolute Gasteiger partial charge is 0.508 e. The average Bonchev–Trinajstić information content (AvgIpc) is 2.33. The first kappa shape index (κ1) is 11.6. The number of halogens is 1. The third-order valence-electron chi connectivity index (χ3n) is 2.35. The van der Waals surface area contributed by atoms with Crippen LogP contribution in [0.5, 0.6) is 5.75 Å². The van der Waals surface area contributed by atoms with E-state index in [1.807, 2.05) is 0 Å². The molecule has 0 amide bonds. The van der Waals surface area contributed by atoms with Crippen LogP contribution in [-0.4, -0.2) is 15.9 Å². The molecular formula is C13H10ClNO2. The van der Waals surface area contributed by atoms with Crippen LogP contribution < -0.4 is 0 Å². The summed E-state index contributed by atoms with van der Waals surface area (Å²) < 4.78 is 0. The molecule has 0 aliphatic carbocycles. The lowest BCUT2D eigenvalue weighted by molar-refractivity contribution is 0.0992. The fourth-order valence-electron chi connectivity index (χ4n) is 1.44. The number of rotatable bonds is 3. The number of benzene rings is 1. The molecule has 0 radical (unpaired) electrons. The Morgan fingerprint density at radius 1 is 1.18 bits per heavy atom. The maximum Gasteiger partial charge on any atom is 0.168 e. The molecule has 2 aromatic rings. The number of carbonyl (C=O) groups is 1. The van der Waals surface area contributed by atoms with Gasteiger partial charge in [-0.1, -0.05) is 23.7 Å². The van der Waals surface area contributed by atoms with Gasteiger partial charge in [-0.25, -0.2) is 4.98 Å². The number of ketones is 1. The number of nitrogens with zero attached hydrogens (tertiary/aromatic N) is 1. The summed E-state index contributed by atoms with van der Waals surface area (Å²) in [4.78, 5) is 15.7. The second-order valence-corrected chi connectivity index (χ2v) is 4.02. The molecule has 0 aliphatic heterocycles. The highest BCUT2D eigenvalue weighted by Crippen LogP contribution is 2.13. The van der Waals surface area contributed by atoms with Crippen LogP contribution in [0.3, 0.4) is 0 Å². The van der Waals surface area contributed by atoms with Crippen molar-refractivity contribution in [2.75, 3.05) is 0 Å². The lowest BCUT2D eigenvalue weighted by atomic mass is 10.0. The van der Waals surface area contributed by atoms with Crippen molar-refractivity contribution in [3.05, 3.63) is 58.9 Å². The van der Waals surface area contributed by atoms with Gasteiger partial charge < -0.3 is 5.11 Å². The molecule has 0 fully saturated rings. The fourth-order valence-corrected chi connectivity index (χ4v) is 1.55. The molecule has 0 aliphatic rings. The van der Waals surface area contributed by atoms with Crippen LogP contribution >= 0.6 is 11.6 Å². The summed E-state index contributed by atoms with van der Waals surface area (Å²) in [6, 6.07) is 9.79. The van der Waals surface area contributed by atoms with Crippen molar-refractivity contribution in [2.24, 2.45) is 0 Å². The van der Waals surface area contributed by atoms with E-state index in [1.165, 1.54) is 6.20 Å². The standard InChI is InChI=1S/C13H10ClNO2/c14-13-6-3-10(8-15-13)12(17)7-9-1-4-11(16)5-2-9/h1-6,8,16H,7H2. The molecule has 86 valence electrons. The van der Waals surface area contributed by atoms with Crippen LogP contribution in [0.1, 0.15) is 15.9 Å². The predicted molar refractivity (Wildman–Crippen MR) is 65.4 cm³/mol. The Labute approximate surface area is 104 Å². The van der Waals surface area contributed by atoms with Crippen LogP contribution in [-0.2, 0) is 6.42 Å². The third-order valence-corrected chi connectivity index (χ3v) is 2.57. The van der Waals surface area contributed by atoms with Gasteiger partial charge in [-0.15, -0.1) is 0 Å². The van der Waals surface area contributed by atoms with Gasteiger partial charge in [-0.3, -0.25) is 4.79 Å². The van der Waals surface area contributed by atoms with E-state index in [9.17, 15) is 4.79 Å². The van der Waals surface area contributed by atoms with E-state index >= 15 is 0 Å². The summed E-state index contributed by atoms with van der Waals surface area (Å²) >= 11 is 5.64. The van der Waals surface area contributed by atoms with E-state index in [4.69, 9.17) is 16.7 Å². The molecule has 0 atom stereocenters. The van der Waals surface area contributed by atoms with Gasteiger partial charge in [0.2, 0.25) is 0 Å². The van der Waals surface area contributed by atoms with Crippen molar-refractivity contribution in [2.45, 2.75) is 6.42 Å². The van der Waals surface area contributed by atoms with Crippen molar-refractivity contribution in [1.29, 1.82) is 0 Å². The fraction of sp³-hybridized carbons (Fsp3) is 0.0769. The van der Waals surface area contributed by atoms with E-state index < -0.39 is 0 Å². The molecule has 1 aromatic carbocycles. The molecule has 0 spiro atoms. The topological polar surface area (TPSA) is 50.2 Å². The Kier molecular flexibility index (Phi) is 3.40. The molecule has 2 rings (SSSR count). The van der Waals surface area contributed by atoms with Crippen molar-refractivity contribution in [1.82, 2.24) is 4.98 Å². The minimum atomic E-state index is -0.0279. The lowest BCUT2D eigenvalue weighted by Gasteiger charge is -2.01. The van der Waals surface area contributed by atoms with E-state index in [1.54, 1.807) is 36.4 Å². The van der Waals surface area contributed by atoms with Crippen LogP contribution in [0.25, 0.3) is 0 Å². The molecule has 1 heterocycles. The summed E-state index contributed by atoms with van der Waals surface area (Å²) in [5.41, 5.74) is 1.38. The van der Waals surface area contributed by atoms with Crippen LogP contribution in [0.4, 0.5) is 0 Å². The summed E-state index contributed by atoms with van der Waals surface area (Å²) in [5.74, 6) is 0.161. The van der Waals surface area contributed by atoms with Crippen molar-refractivity contribution < 1.29 is 9.90 Å². The van der Waals surface area contributed by atoms with Gasteiger partial charge in [-0.05, 0) is 29.8 Å². The van der Waals surface area contributed by atoms with Gasteiger partial charge in [0, 0.05) is 18.2 Å². The zero-order chi connectivity index (χ0) is 12.3. The van der Waals surface area contributed by atoms with Gasteiger partial charge in [0.15, 0.2) is 5.78 Å². The number of phenolic OH excluding ortho intramolecular Hbond substituents is 1. The number of aromatic hydroxyl groups is 1. The Morgan fingerprint density at radius 2 is 1.88 bits per heavy atom. The number of aromatic nitrogens is 1. The molecule has 1 aromatic heterocycles. The van der Waals surface area contributed by atoms with E-state index in [0.717, 1.165) is 5.56 Å². The highest BCUT2D eigenvalue weighted by molar-refractivity contribution is 6.29. The molecule has 1 N–H and O–H groups in total. The van der Waals surface area contributed by atoms with E-state index in [0.29, 0.717) is 10.7 Å². The van der Waals surface area contributed by atoms with Gasteiger partial charge in [0.25, 0.3) is 0 Å². The lowest BCUT2D eigenvalue weighted by Crippen LogP contribution is -2.03. The molecule has 0 saturated carbocycles. The van der Waals surface area contributed by atoms with Crippen LogP contribution in [0.2, 0.25) is 5.15 Å². The van der Waals surface area contributed by atoms with E-state index in [2.05, 4.69) is 4.98 Å². The minimum Gasteiger partial charge on any atom is -0.508 e. The normalized spacial score (nSPS) is 10.2. The SMILES string of the molecule is O=C(Cc1ccc(O)cc1)c1ccc(Cl)nc1. The quantitative estimate of drug-likeness (QED) is 0.670. The third kappa shape index (κ3) is 3.04. The van der Waals surface area contributed by atoms with Crippen LogP contribution in [0.15, 0.2) is 42.6 Å². The average molecular weight is 248 g/mol. The molecule has 4 heteroatoms. The second kappa shape index (κ2) is 4.97. The number of hydrogen-bond donors (Lipinski definition) is 1. The first-order valence-corrected chi connectivity index (χ1v) is 5.45. The number of carbonyl (C=O) groups excluding carboxylic acids is 1. The molecular weight excluding hydrogens is 238 g/mol. The molecule has 0 bridgehead atoms. The Balaban J connectivity index is 2.11. The Morgan fingerprint density at radius 3 is 2.47 bits per heavy atom. The molecule has 17 heavy (non-hydrogen) atoms. The van der Waals surface area contributed by atoms with Crippen molar-refractivity contribution in [3.63, 3.8) is 0 Å². The summed E-state index contributed by atoms with van der Waals surface area (Å²) in [7, 11) is 0. The van der Waals surface area contributed by atoms with Crippen molar-refractivity contribution in [3.8, 4) is 5.75 Å². The van der Waals surface area contributed by atoms with Crippen LogP contribution in [0, 0.1) is 0 Å². The minimum absolute atomic E-state index is 0.0279. The number of pyridine rings is 1. The molecule has 0 unspecified atom stereocenters. The zero-order valence-electron chi connectivity index (χ0n) is 8.93. The van der Waals surface area contributed by atoms with E-state index in [-0.39, 0.29) is 18.0 Å². The molecule has 3 nitrogen and oxygen atoms in total. The number of Topliss-reactive ketones (excluding diaryl/α,β-unsaturated/α-hetero) is 1. The first-order chi connectivity index (χ1) is 8.15. The summed E-state index contributed by atoms with van der Waals surface area (Å²) in [5, 5.41) is 9.50. The number of hydrogen-bond acceptors (Lipinski definition) is 3. The Hall–Kier alpha value is -1.87. The smallest absolute Gasteiger partial charge is 0.168 e. The van der Waals surface area contributed by atoms with Gasteiger partial charge in [0.1, 0.15) is 10.9 Å². The van der Waals surface area contributed by atoms with Crippen molar-refractivity contribution >= 4 is 17.4 Å². The highest BCUT2D eigenvalue weighted by Gasteiger charge is 2.07. The summed E-state index contributed by atoms with van der Waals surface area (Å²) in [6.07, 6.45) is 1.74. The zero-order valence-corrected chi connectivity index (χ0v) is 9.69. The number of phenols is 1. The maximum atomic E-state index is 11.9. The van der Waals surface area contributed by atoms with Gasteiger partial charge in [0.05, 0.1) is 0 Å². The molecule has 0 saturated heterocycles. The van der Waals surface area contributed by atoms with Gasteiger partial charge >= 0.3 is 0 Å². The summed E-state index contributed by atoms with van der Waals surface area (Å²) in [6.45, 7) is 0. The maximum absolute atomic E-state index is 11.9. The Bertz CT molecular complexity index is 520. The highest BCUT2D eigenvalue weighted by atomic mass is 35.5. The second-order valence-electron chi connectivity index (χ2n) is 3.64. The monoisotopic (exact) mass is 247 g/mol. The predicted octanol–water partition coefficient (Wildman–Crippen LogP) is 2.87. The van der Waals surface area contributed by atoms with Gasteiger partial charge in [-0.2, -0.15) is 0 Å². The first-order valence-electron chi connectivity index (χ1n) is 5.08.